The number of rotatable bonds is 15. The van der Waals surface area contributed by atoms with E-state index in [-0.39, 0.29) is 13.0 Å². The van der Waals surface area contributed by atoms with Crippen molar-refractivity contribution in [2.75, 3.05) is 19.6 Å². The molecule has 0 spiro atoms. The van der Waals surface area contributed by atoms with E-state index >= 15 is 0 Å². The maximum Gasteiger partial charge on any atom is 0.251 e. The predicted octanol–water partition coefficient (Wildman–Crippen LogP) is 5.82. The zero-order valence-electron chi connectivity index (χ0n) is 24.1. The number of nitrogens with zero attached hydrogens (tertiary/aromatic N) is 1. The van der Waals surface area contributed by atoms with E-state index in [1.54, 1.807) is 18.2 Å². The standard InChI is InChI=1S/C33H41F2N3O2S/c1-4-13-38(14-5-2)33(41)27-12-8-11-26(19-27)32(40)37-30(18-25-16-28(34)20-29(35)17-25)31(39)22-36-21-24-10-7-9-23(6-3)15-24/h7-12,15-17,19-20,30-31,36,39H,4-6,13-14,18,21-22H2,1-3H3,(H,37,40). The lowest BCUT2D eigenvalue weighted by molar-refractivity contribution is 0.0830. The largest absolute Gasteiger partial charge is 0.390 e. The minimum atomic E-state index is -1.02. The van der Waals surface area contributed by atoms with Crippen LogP contribution in [0.25, 0.3) is 0 Å². The van der Waals surface area contributed by atoms with Gasteiger partial charge in [-0.2, -0.15) is 0 Å². The first-order valence-electron chi connectivity index (χ1n) is 14.4. The number of nitrogens with one attached hydrogen (secondary N) is 2. The van der Waals surface area contributed by atoms with Gasteiger partial charge in [-0.1, -0.05) is 69.4 Å². The minimum absolute atomic E-state index is 0.0491. The fourth-order valence-corrected chi connectivity index (χ4v) is 5.12. The highest BCUT2D eigenvalue weighted by Crippen LogP contribution is 2.15. The van der Waals surface area contributed by atoms with Crippen LogP contribution in [-0.4, -0.2) is 52.7 Å². The van der Waals surface area contributed by atoms with E-state index in [0.717, 1.165) is 49.5 Å². The number of halogens is 2. The number of thiocarbonyl (C=S) groups is 1. The third-order valence-electron chi connectivity index (χ3n) is 6.89. The Balaban J connectivity index is 1.76. The van der Waals surface area contributed by atoms with Crippen LogP contribution in [0.15, 0.2) is 66.7 Å². The van der Waals surface area contributed by atoms with E-state index in [2.05, 4.69) is 48.4 Å². The summed E-state index contributed by atoms with van der Waals surface area (Å²) in [6.07, 6.45) is 1.87. The molecular weight excluding hydrogens is 540 g/mol. The zero-order valence-corrected chi connectivity index (χ0v) is 24.9. The Labute approximate surface area is 248 Å². The number of benzene rings is 3. The summed E-state index contributed by atoms with van der Waals surface area (Å²) in [5, 5.41) is 17.3. The van der Waals surface area contributed by atoms with Gasteiger partial charge in [0.25, 0.3) is 5.91 Å². The van der Waals surface area contributed by atoms with Crippen LogP contribution in [0.5, 0.6) is 0 Å². The topological polar surface area (TPSA) is 64.6 Å². The van der Waals surface area contributed by atoms with Gasteiger partial charge in [-0.05, 0) is 66.6 Å². The van der Waals surface area contributed by atoms with Crippen molar-refractivity contribution in [3.63, 3.8) is 0 Å². The van der Waals surface area contributed by atoms with Crippen LogP contribution >= 0.6 is 12.2 Å². The molecular formula is C33H41F2N3O2S. The molecule has 1 amide bonds. The molecule has 0 fully saturated rings. The molecule has 0 aromatic heterocycles. The second-order valence-corrected chi connectivity index (χ2v) is 10.7. The van der Waals surface area contributed by atoms with E-state index < -0.39 is 29.7 Å². The molecule has 3 aromatic rings. The van der Waals surface area contributed by atoms with Crippen molar-refractivity contribution in [1.29, 1.82) is 0 Å². The predicted molar refractivity (Wildman–Crippen MR) is 165 cm³/mol. The third-order valence-corrected chi connectivity index (χ3v) is 7.38. The maximum absolute atomic E-state index is 13.9. The van der Waals surface area contributed by atoms with Gasteiger partial charge < -0.3 is 20.6 Å². The molecule has 220 valence electrons. The maximum atomic E-state index is 13.9. The number of carbonyl (C=O) groups excluding carboxylic acids is 1. The molecule has 0 heterocycles. The van der Waals surface area contributed by atoms with Gasteiger partial charge in [0.1, 0.15) is 16.6 Å². The number of amides is 1. The Hall–Kier alpha value is -3.20. The lowest BCUT2D eigenvalue weighted by Crippen LogP contribution is -2.48. The molecule has 3 aromatic carbocycles. The summed E-state index contributed by atoms with van der Waals surface area (Å²) in [6.45, 7) is 8.66. The lowest BCUT2D eigenvalue weighted by atomic mass is 9.99. The molecule has 3 N–H and O–H groups in total. The fourth-order valence-electron chi connectivity index (χ4n) is 4.81. The van der Waals surface area contributed by atoms with Gasteiger partial charge in [0.05, 0.1) is 12.1 Å². The van der Waals surface area contributed by atoms with Crippen molar-refractivity contribution >= 4 is 23.1 Å². The normalized spacial score (nSPS) is 12.5. The summed E-state index contributed by atoms with van der Waals surface area (Å²) >= 11 is 5.74. The quantitative estimate of drug-likeness (QED) is 0.198. The average molecular weight is 582 g/mol. The van der Waals surface area contributed by atoms with Crippen LogP contribution in [0.1, 0.15) is 66.2 Å². The van der Waals surface area contributed by atoms with Crippen LogP contribution in [0.4, 0.5) is 8.78 Å². The molecule has 0 aliphatic rings. The highest BCUT2D eigenvalue weighted by Gasteiger charge is 2.23. The van der Waals surface area contributed by atoms with Gasteiger partial charge in [-0.25, -0.2) is 8.78 Å². The average Bonchev–Trinajstić information content (AvgIpc) is 2.96. The van der Waals surface area contributed by atoms with Crippen LogP contribution in [0, 0.1) is 11.6 Å². The number of aliphatic hydroxyl groups is 1. The van der Waals surface area contributed by atoms with Gasteiger partial charge >= 0.3 is 0 Å². The van der Waals surface area contributed by atoms with E-state index in [9.17, 15) is 18.7 Å². The number of hydrogen-bond donors (Lipinski definition) is 3. The molecule has 0 saturated carbocycles. The van der Waals surface area contributed by atoms with Crippen molar-refractivity contribution in [3.8, 4) is 0 Å². The van der Waals surface area contributed by atoms with E-state index in [1.807, 2.05) is 18.2 Å². The molecule has 2 unspecified atom stereocenters. The van der Waals surface area contributed by atoms with Gasteiger partial charge in [0.2, 0.25) is 0 Å². The van der Waals surface area contributed by atoms with Crippen molar-refractivity contribution < 1.29 is 18.7 Å². The van der Waals surface area contributed by atoms with Crippen molar-refractivity contribution in [2.45, 2.75) is 65.1 Å². The summed E-state index contributed by atoms with van der Waals surface area (Å²) in [6, 6.07) is 17.7. The van der Waals surface area contributed by atoms with Gasteiger partial charge in [-0.15, -0.1) is 0 Å². The van der Waals surface area contributed by atoms with E-state index in [4.69, 9.17) is 12.2 Å². The number of aryl methyl sites for hydroxylation is 1. The Bertz CT molecular complexity index is 1280. The van der Waals surface area contributed by atoms with Crippen LogP contribution in [-0.2, 0) is 19.4 Å². The number of aliphatic hydroxyl groups excluding tert-OH is 1. The van der Waals surface area contributed by atoms with E-state index in [0.29, 0.717) is 22.7 Å². The Kier molecular flexibility index (Phi) is 12.8. The molecule has 0 saturated heterocycles. The molecule has 41 heavy (non-hydrogen) atoms. The Morgan fingerprint density at radius 1 is 0.878 bits per heavy atom. The van der Waals surface area contributed by atoms with Gasteiger partial charge in [-0.3, -0.25) is 4.79 Å². The highest BCUT2D eigenvalue weighted by molar-refractivity contribution is 7.80. The van der Waals surface area contributed by atoms with Crippen molar-refractivity contribution in [2.24, 2.45) is 0 Å². The SMILES string of the molecule is CCCN(CCC)C(=S)c1cccc(C(=O)NC(Cc2cc(F)cc(F)c2)C(O)CNCc2cccc(CC)c2)c1. The lowest BCUT2D eigenvalue weighted by Gasteiger charge is -2.26. The third kappa shape index (κ3) is 9.99. The first-order valence-corrected chi connectivity index (χ1v) is 14.8. The monoisotopic (exact) mass is 581 g/mol. The molecule has 0 aliphatic carbocycles. The van der Waals surface area contributed by atoms with Crippen LogP contribution in [0.2, 0.25) is 0 Å². The smallest absolute Gasteiger partial charge is 0.251 e. The summed E-state index contributed by atoms with van der Waals surface area (Å²) in [5.41, 5.74) is 3.81. The number of carbonyl (C=O) groups is 1. The van der Waals surface area contributed by atoms with Crippen LogP contribution < -0.4 is 10.6 Å². The molecule has 0 radical (unpaired) electrons. The highest BCUT2D eigenvalue weighted by atomic mass is 32.1. The minimum Gasteiger partial charge on any atom is -0.390 e. The molecule has 0 aliphatic heterocycles. The molecule has 3 rings (SSSR count). The first-order chi connectivity index (χ1) is 19.7. The first kappa shape index (κ1) is 32.3. The summed E-state index contributed by atoms with van der Waals surface area (Å²) in [7, 11) is 0. The van der Waals surface area contributed by atoms with E-state index in [1.165, 1.54) is 17.7 Å². The number of hydrogen-bond acceptors (Lipinski definition) is 4. The molecule has 0 bridgehead atoms. The molecule has 5 nitrogen and oxygen atoms in total. The Morgan fingerprint density at radius 2 is 1.51 bits per heavy atom. The van der Waals surface area contributed by atoms with Gasteiger partial charge in [0.15, 0.2) is 0 Å². The fraction of sp³-hybridized carbons (Fsp3) is 0.394. The summed E-state index contributed by atoms with van der Waals surface area (Å²) in [5.74, 6) is -1.82. The molecule has 2 atom stereocenters. The zero-order chi connectivity index (χ0) is 29.8. The second kappa shape index (κ2) is 16.3. The van der Waals surface area contributed by atoms with Crippen molar-refractivity contribution in [3.05, 3.63) is 106 Å². The van der Waals surface area contributed by atoms with Gasteiger partial charge in [0, 0.05) is 43.4 Å². The summed E-state index contributed by atoms with van der Waals surface area (Å²) < 4.78 is 27.9. The summed E-state index contributed by atoms with van der Waals surface area (Å²) in [4.78, 5) is 16.2. The Morgan fingerprint density at radius 3 is 2.17 bits per heavy atom. The van der Waals surface area contributed by atoms with Crippen molar-refractivity contribution in [1.82, 2.24) is 15.5 Å². The molecule has 8 heteroatoms. The second-order valence-electron chi connectivity index (χ2n) is 10.3. The van der Waals surface area contributed by atoms with Crippen LogP contribution in [0.3, 0.4) is 0 Å².